The zero-order valence-corrected chi connectivity index (χ0v) is 11.8. The number of nitrogens with one attached hydrogen (secondary N) is 1. The van der Waals surface area contributed by atoms with Crippen LogP contribution in [0.1, 0.15) is 25.5 Å². The van der Waals surface area contributed by atoms with Crippen molar-refractivity contribution in [1.82, 2.24) is 14.2 Å². The summed E-state index contributed by atoms with van der Waals surface area (Å²) in [4.78, 5) is 0.416. The maximum Gasteiger partial charge on any atom is 0.244 e. The molecule has 1 aromatic heterocycles. The van der Waals surface area contributed by atoms with E-state index in [9.17, 15) is 8.42 Å². The van der Waals surface area contributed by atoms with Crippen LogP contribution in [0.25, 0.3) is 0 Å². The molecule has 2 heterocycles. The van der Waals surface area contributed by atoms with E-state index < -0.39 is 10.0 Å². The van der Waals surface area contributed by atoms with Gasteiger partial charge in [0.2, 0.25) is 10.0 Å². The van der Waals surface area contributed by atoms with E-state index in [1.54, 1.807) is 16.6 Å². The molecule has 0 bridgehead atoms. The summed E-state index contributed by atoms with van der Waals surface area (Å²) >= 11 is 0. The SMILES string of the molecule is CCNCc1cc(S(=O)(=O)N2CCCC2)cn1C. The largest absolute Gasteiger partial charge is 0.352 e. The first-order chi connectivity index (χ1) is 8.55. The van der Waals surface area contributed by atoms with Gasteiger partial charge >= 0.3 is 0 Å². The summed E-state index contributed by atoms with van der Waals surface area (Å²) in [6.07, 6.45) is 3.65. The smallest absolute Gasteiger partial charge is 0.244 e. The minimum absolute atomic E-state index is 0.416. The highest BCUT2D eigenvalue weighted by Crippen LogP contribution is 2.22. The van der Waals surface area contributed by atoms with Gasteiger partial charge in [0.25, 0.3) is 0 Å². The Hall–Kier alpha value is -0.850. The number of sulfonamides is 1. The first kappa shape index (κ1) is 13.6. The number of hydrogen-bond acceptors (Lipinski definition) is 3. The van der Waals surface area contributed by atoms with Crippen LogP contribution in [-0.2, 0) is 23.6 Å². The van der Waals surface area contributed by atoms with Crippen molar-refractivity contribution < 1.29 is 8.42 Å². The summed E-state index contributed by atoms with van der Waals surface area (Å²) in [6, 6.07) is 1.77. The molecular weight excluding hydrogens is 250 g/mol. The van der Waals surface area contributed by atoms with Crippen LogP contribution in [0, 0.1) is 0 Å². The Morgan fingerprint density at radius 3 is 2.61 bits per heavy atom. The lowest BCUT2D eigenvalue weighted by Gasteiger charge is -2.13. The van der Waals surface area contributed by atoms with Crippen LogP contribution in [0.4, 0.5) is 0 Å². The van der Waals surface area contributed by atoms with E-state index in [0.717, 1.165) is 25.1 Å². The number of nitrogens with zero attached hydrogens (tertiary/aromatic N) is 2. The lowest BCUT2D eigenvalue weighted by Crippen LogP contribution is -2.27. The van der Waals surface area contributed by atoms with Crippen molar-refractivity contribution in [2.24, 2.45) is 7.05 Å². The Morgan fingerprint density at radius 2 is 2.00 bits per heavy atom. The van der Waals surface area contributed by atoms with Crippen molar-refractivity contribution in [2.75, 3.05) is 19.6 Å². The minimum atomic E-state index is -3.28. The standard InChI is InChI=1S/C12H21N3O2S/c1-3-13-9-11-8-12(10-14(11)2)18(16,17)15-6-4-5-7-15/h8,10,13H,3-7,9H2,1-2H3. The summed E-state index contributed by atoms with van der Waals surface area (Å²) in [5.74, 6) is 0. The summed E-state index contributed by atoms with van der Waals surface area (Å²) in [7, 11) is -1.40. The molecule has 0 saturated carbocycles. The lowest BCUT2D eigenvalue weighted by molar-refractivity contribution is 0.477. The molecule has 102 valence electrons. The molecular formula is C12H21N3O2S. The zero-order valence-electron chi connectivity index (χ0n) is 11.0. The minimum Gasteiger partial charge on any atom is -0.352 e. The predicted octanol–water partition coefficient (Wildman–Crippen LogP) is 0.919. The normalized spacial score (nSPS) is 17.4. The van der Waals surface area contributed by atoms with Crippen LogP contribution >= 0.6 is 0 Å². The van der Waals surface area contributed by atoms with Crippen molar-refractivity contribution in [1.29, 1.82) is 0 Å². The molecule has 1 fully saturated rings. The van der Waals surface area contributed by atoms with E-state index in [4.69, 9.17) is 0 Å². The molecule has 0 spiro atoms. The first-order valence-corrected chi connectivity index (χ1v) is 7.86. The molecule has 1 aliphatic rings. The van der Waals surface area contributed by atoms with Gasteiger partial charge in [-0.25, -0.2) is 8.42 Å². The van der Waals surface area contributed by atoms with Crippen LogP contribution in [0.5, 0.6) is 0 Å². The predicted molar refractivity (Wildman–Crippen MR) is 70.8 cm³/mol. The molecule has 1 aromatic rings. The Morgan fingerprint density at radius 1 is 1.33 bits per heavy atom. The monoisotopic (exact) mass is 271 g/mol. The average Bonchev–Trinajstić information content (AvgIpc) is 2.96. The lowest BCUT2D eigenvalue weighted by atomic mass is 10.4. The van der Waals surface area contributed by atoms with Gasteiger partial charge in [-0.15, -0.1) is 0 Å². The molecule has 1 N–H and O–H groups in total. The van der Waals surface area contributed by atoms with Crippen molar-refractivity contribution in [3.8, 4) is 0 Å². The van der Waals surface area contributed by atoms with Crippen molar-refractivity contribution in [2.45, 2.75) is 31.2 Å². The second kappa shape index (κ2) is 5.42. The van der Waals surface area contributed by atoms with E-state index >= 15 is 0 Å². The number of aromatic nitrogens is 1. The van der Waals surface area contributed by atoms with Gasteiger partial charge in [-0.3, -0.25) is 0 Å². The summed E-state index contributed by atoms with van der Waals surface area (Å²) < 4.78 is 28.2. The molecule has 0 amide bonds. The topological polar surface area (TPSA) is 54.3 Å². The van der Waals surface area contributed by atoms with E-state index in [-0.39, 0.29) is 0 Å². The average molecular weight is 271 g/mol. The maximum atomic E-state index is 12.4. The Labute approximate surface area is 109 Å². The molecule has 1 saturated heterocycles. The molecule has 0 radical (unpaired) electrons. The highest BCUT2D eigenvalue weighted by molar-refractivity contribution is 7.89. The Bertz CT molecular complexity index is 501. The van der Waals surface area contributed by atoms with E-state index in [0.29, 0.717) is 24.5 Å². The highest BCUT2D eigenvalue weighted by atomic mass is 32.2. The van der Waals surface area contributed by atoms with Gasteiger partial charge in [-0.2, -0.15) is 4.31 Å². The number of aryl methyl sites for hydroxylation is 1. The molecule has 6 heteroatoms. The second-order valence-corrected chi connectivity index (χ2v) is 6.61. The summed E-state index contributed by atoms with van der Waals surface area (Å²) in [5, 5.41) is 3.21. The molecule has 2 rings (SSSR count). The van der Waals surface area contributed by atoms with E-state index in [1.165, 1.54) is 0 Å². The molecule has 0 aliphatic carbocycles. The molecule has 0 aromatic carbocycles. The number of rotatable bonds is 5. The molecule has 18 heavy (non-hydrogen) atoms. The maximum absolute atomic E-state index is 12.4. The molecule has 0 unspecified atom stereocenters. The molecule has 5 nitrogen and oxygen atoms in total. The van der Waals surface area contributed by atoms with Crippen LogP contribution in [-0.4, -0.2) is 36.9 Å². The van der Waals surface area contributed by atoms with Gasteiger partial charge in [-0.05, 0) is 25.5 Å². The third kappa shape index (κ3) is 2.60. The second-order valence-electron chi connectivity index (χ2n) is 4.67. The third-order valence-corrected chi connectivity index (χ3v) is 5.21. The van der Waals surface area contributed by atoms with Gasteiger partial charge in [-0.1, -0.05) is 6.92 Å². The van der Waals surface area contributed by atoms with Crippen molar-refractivity contribution in [3.05, 3.63) is 18.0 Å². The summed E-state index contributed by atoms with van der Waals surface area (Å²) in [6.45, 7) is 4.91. The van der Waals surface area contributed by atoms with Gasteiger partial charge in [0, 0.05) is 38.6 Å². The van der Waals surface area contributed by atoms with Gasteiger partial charge in [0.15, 0.2) is 0 Å². The zero-order chi connectivity index (χ0) is 13.2. The van der Waals surface area contributed by atoms with Crippen LogP contribution in [0.2, 0.25) is 0 Å². The van der Waals surface area contributed by atoms with Crippen LogP contribution in [0.15, 0.2) is 17.2 Å². The van der Waals surface area contributed by atoms with Crippen molar-refractivity contribution >= 4 is 10.0 Å². The third-order valence-electron chi connectivity index (χ3n) is 3.34. The summed E-state index contributed by atoms with van der Waals surface area (Å²) in [5.41, 5.74) is 0.995. The quantitative estimate of drug-likeness (QED) is 0.866. The number of hydrogen-bond donors (Lipinski definition) is 1. The van der Waals surface area contributed by atoms with E-state index in [2.05, 4.69) is 5.32 Å². The van der Waals surface area contributed by atoms with Crippen LogP contribution in [0.3, 0.4) is 0 Å². The van der Waals surface area contributed by atoms with Gasteiger partial charge < -0.3 is 9.88 Å². The fourth-order valence-corrected chi connectivity index (χ4v) is 3.84. The van der Waals surface area contributed by atoms with E-state index in [1.807, 2.05) is 18.5 Å². The fraction of sp³-hybridized carbons (Fsp3) is 0.667. The van der Waals surface area contributed by atoms with Gasteiger partial charge in [0.1, 0.15) is 4.90 Å². The van der Waals surface area contributed by atoms with Gasteiger partial charge in [0.05, 0.1) is 0 Å². The molecule has 1 aliphatic heterocycles. The molecule has 0 atom stereocenters. The van der Waals surface area contributed by atoms with Crippen LogP contribution < -0.4 is 5.32 Å². The Balaban J connectivity index is 2.22. The fourth-order valence-electron chi connectivity index (χ4n) is 2.22. The Kier molecular flexibility index (Phi) is 4.09. The highest BCUT2D eigenvalue weighted by Gasteiger charge is 2.28. The first-order valence-electron chi connectivity index (χ1n) is 6.42. The van der Waals surface area contributed by atoms with Crippen molar-refractivity contribution in [3.63, 3.8) is 0 Å².